The minimum atomic E-state index is 0.0930. The lowest BCUT2D eigenvalue weighted by molar-refractivity contribution is 0.244. The quantitative estimate of drug-likeness (QED) is 0.367. The molecule has 108 valence electrons. The molecule has 2 fully saturated rings. The van der Waals surface area contributed by atoms with Gasteiger partial charge in [0, 0.05) is 29.7 Å². The van der Waals surface area contributed by atoms with Crippen molar-refractivity contribution in [3.63, 3.8) is 0 Å². The average molecular weight is 294 g/mol. The van der Waals surface area contributed by atoms with Crippen molar-refractivity contribution in [2.45, 2.75) is 38.3 Å². The Hall–Kier alpha value is -1.26. The van der Waals surface area contributed by atoms with Gasteiger partial charge in [-0.15, -0.1) is 0 Å². The lowest BCUT2D eigenvalue weighted by Crippen LogP contribution is -2.28. The Bertz CT molecular complexity index is 524. The lowest BCUT2D eigenvalue weighted by atomic mass is 10.1. The summed E-state index contributed by atoms with van der Waals surface area (Å²) >= 11 is 6.33. The molecule has 0 radical (unpaired) electrons. The van der Waals surface area contributed by atoms with Crippen LogP contribution < -0.4 is 5.73 Å². The molecule has 5 heteroatoms. The lowest BCUT2D eigenvalue weighted by Gasteiger charge is -2.22. The molecule has 1 aromatic rings. The van der Waals surface area contributed by atoms with Crippen LogP contribution in [0, 0.1) is 5.92 Å². The molecule has 1 aromatic carbocycles. The summed E-state index contributed by atoms with van der Waals surface area (Å²) in [7, 11) is 0. The fourth-order valence-corrected chi connectivity index (χ4v) is 2.77. The van der Waals surface area contributed by atoms with Gasteiger partial charge >= 0.3 is 0 Å². The van der Waals surface area contributed by atoms with E-state index >= 15 is 0 Å². The van der Waals surface area contributed by atoms with E-state index in [1.54, 1.807) is 6.07 Å². The van der Waals surface area contributed by atoms with Crippen molar-refractivity contribution in [1.29, 1.82) is 0 Å². The van der Waals surface area contributed by atoms with E-state index in [9.17, 15) is 0 Å². The minimum Gasteiger partial charge on any atom is -0.409 e. The Kier molecular flexibility index (Phi) is 3.85. The molecule has 0 bridgehead atoms. The number of halogens is 1. The van der Waals surface area contributed by atoms with Gasteiger partial charge in [-0.2, -0.15) is 0 Å². The molecule has 0 atom stereocenters. The van der Waals surface area contributed by atoms with Crippen LogP contribution in [0.4, 0.5) is 0 Å². The first-order chi connectivity index (χ1) is 9.67. The van der Waals surface area contributed by atoms with E-state index in [2.05, 4.69) is 10.1 Å². The zero-order valence-electron chi connectivity index (χ0n) is 11.4. The molecule has 2 aliphatic carbocycles. The molecule has 0 aliphatic heterocycles. The number of hydrogen-bond donors (Lipinski definition) is 2. The Morgan fingerprint density at radius 3 is 2.65 bits per heavy atom. The van der Waals surface area contributed by atoms with Crippen LogP contribution in [0.1, 0.15) is 36.8 Å². The summed E-state index contributed by atoms with van der Waals surface area (Å²) in [6, 6.07) is 6.36. The maximum absolute atomic E-state index is 8.69. The second kappa shape index (κ2) is 5.62. The molecule has 0 spiro atoms. The molecule has 0 heterocycles. The molecule has 4 nitrogen and oxygen atoms in total. The van der Waals surface area contributed by atoms with Crippen molar-refractivity contribution >= 4 is 17.4 Å². The van der Waals surface area contributed by atoms with E-state index in [1.165, 1.54) is 32.2 Å². The van der Waals surface area contributed by atoms with Crippen LogP contribution in [-0.2, 0) is 6.54 Å². The number of rotatable bonds is 6. The maximum Gasteiger partial charge on any atom is 0.170 e. The fraction of sp³-hybridized carbons (Fsp3) is 0.533. The predicted octanol–water partition coefficient (Wildman–Crippen LogP) is 2.81. The third kappa shape index (κ3) is 3.25. The summed E-state index contributed by atoms with van der Waals surface area (Å²) in [6.07, 6.45) is 5.37. The number of amidine groups is 1. The van der Waals surface area contributed by atoms with E-state index in [1.807, 2.05) is 12.1 Å². The van der Waals surface area contributed by atoms with E-state index in [4.69, 9.17) is 22.5 Å². The van der Waals surface area contributed by atoms with Crippen LogP contribution in [0.2, 0.25) is 5.02 Å². The molecule has 0 unspecified atom stereocenters. The Morgan fingerprint density at radius 2 is 2.10 bits per heavy atom. The van der Waals surface area contributed by atoms with Crippen LogP contribution in [-0.4, -0.2) is 28.5 Å². The van der Waals surface area contributed by atoms with Crippen molar-refractivity contribution in [3.8, 4) is 0 Å². The van der Waals surface area contributed by atoms with Gasteiger partial charge in [0.1, 0.15) is 0 Å². The monoisotopic (exact) mass is 293 g/mol. The average Bonchev–Trinajstić information content (AvgIpc) is 3.31. The van der Waals surface area contributed by atoms with Crippen molar-refractivity contribution in [1.82, 2.24) is 4.90 Å². The normalized spacial score (nSPS) is 19.6. The van der Waals surface area contributed by atoms with Crippen LogP contribution in [0.25, 0.3) is 0 Å². The van der Waals surface area contributed by atoms with Crippen molar-refractivity contribution < 1.29 is 5.21 Å². The molecule has 0 aromatic heterocycles. The van der Waals surface area contributed by atoms with E-state index in [0.29, 0.717) is 10.6 Å². The highest BCUT2D eigenvalue weighted by atomic mass is 35.5. The second-order valence-corrected chi connectivity index (χ2v) is 6.30. The minimum absolute atomic E-state index is 0.0930. The van der Waals surface area contributed by atoms with Crippen LogP contribution >= 0.6 is 11.6 Å². The highest BCUT2D eigenvalue weighted by Gasteiger charge is 2.33. The number of nitrogens with zero attached hydrogens (tertiary/aromatic N) is 2. The molecule has 3 rings (SSSR count). The summed E-state index contributed by atoms with van der Waals surface area (Å²) in [5, 5.41) is 12.4. The SMILES string of the molecule is N/C(=N/O)c1ccc(CN(CC2CC2)C2CC2)c(Cl)c1. The number of hydrogen-bond acceptors (Lipinski definition) is 3. The number of benzene rings is 1. The zero-order chi connectivity index (χ0) is 14.1. The first kappa shape index (κ1) is 13.7. The van der Waals surface area contributed by atoms with Gasteiger partial charge in [0.05, 0.1) is 0 Å². The second-order valence-electron chi connectivity index (χ2n) is 5.90. The van der Waals surface area contributed by atoms with Gasteiger partial charge in [-0.1, -0.05) is 28.9 Å². The molecule has 0 saturated heterocycles. The standard InChI is InChI=1S/C15H20ClN3O/c16-14-7-11(15(17)18-20)3-4-12(14)9-19(13-5-6-13)8-10-1-2-10/h3-4,7,10,13,20H,1-2,5-6,8-9H2,(H2,17,18). The van der Waals surface area contributed by atoms with Crippen molar-refractivity contribution in [2.75, 3.05) is 6.54 Å². The maximum atomic E-state index is 8.69. The molecule has 3 N–H and O–H groups in total. The first-order valence-corrected chi connectivity index (χ1v) is 7.55. The smallest absolute Gasteiger partial charge is 0.170 e. The van der Waals surface area contributed by atoms with E-state index < -0.39 is 0 Å². The largest absolute Gasteiger partial charge is 0.409 e. The van der Waals surface area contributed by atoms with Crippen molar-refractivity contribution in [3.05, 3.63) is 34.3 Å². The molecule has 2 aliphatic rings. The molecular weight excluding hydrogens is 274 g/mol. The molecule has 0 amide bonds. The van der Waals surface area contributed by atoms with Gasteiger partial charge in [-0.25, -0.2) is 0 Å². The summed E-state index contributed by atoms with van der Waals surface area (Å²) < 4.78 is 0. The number of nitrogens with two attached hydrogens (primary N) is 1. The van der Waals surface area contributed by atoms with Gasteiger partial charge in [0.25, 0.3) is 0 Å². The van der Waals surface area contributed by atoms with E-state index in [0.717, 1.165) is 24.1 Å². The summed E-state index contributed by atoms with van der Waals surface area (Å²) in [4.78, 5) is 2.56. The first-order valence-electron chi connectivity index (χ1n) is 7.17. The van der Waals surface area contributed by atoms with Gasteiger partial charge in [-0.3, -0.25) is 4.90 Å². The van der Waals surface area contributed by atoms with Gasteiger partial charge in [-0.05, 0) is 43.2 Å². The van der Waals surface area contributed by atoms with Gasteiger partial charge in [0.2, 0.25) is 0 Å². The predicted molar refractivity (Wildman–Crippen MR) is 80.1 cm³/mol. The van der Waals surface area contributed by atoms with E-state index in [-0.39, 0.29) is 5.84 Å². The topological polar surface area (TPSA) is 61.9 Å². The Labute approximate surface area is 124 Å². The third-order valence-corrected chi connectivity index (χ3v) is 4.43. The fourth-order valence-electron chi connectivity index (χ4n) is 2.53. The molecule has 2 saturated carbocycles. The number of oxime groups is 1. The van der Waals surface area contributed by atoms with Crippen molar-refractivity contribution in [2.24, 2.45) is 16.8 Å². The summed E-state index contributed by atoms with van der Waals surface area (Å²) in [6.45, 7) is 2.10. The Balaban J connectivity index is 1.72. The zero-order valence-corrected chi connectivity index (χ0v) is 12.2. The van der Waals surface area contributed by atoms with Crippen LogP contribution in [0.15, 0.2) is 23.4 Å². The molecular formula is C15H20ClN3O. The third-order valence-electron chi connectivity index (χ3n) is 4.08. The highest BCUT2D eigenvalue weighted by molar-refractivity contribution is 6.31. The van der Waals surface area contributed by atoms with Gasteiger partial charge in [0.15, 0.2) is 5.84 Å². The summed E-state index contributed by atoms with van der Waals surface area (Å²) in [5.41, 5.74) is 7.35. The van der Waals surface area contributed by atoms with Crippen LogP contribution in [0.3, 0.4) is 0 Å². The van der Waals surface area contributed by atoms with Gasteiger partial charge < -0.3 is 10.9 Å². The van der Waals surface area contributed by atoms with Crippen LogP contribution in [0.5, 0.6) is 0 Å². The highest BCUT2D eigenvalue weighted by Crippen LogP contribution is 2.36. The molecule has 20 heavy (non-hydrogen) atoms. The summed E-state index contributed by atoms with van der Waals surface area (Å²) in [5.74, 6) is 0.987. The Morgan fingerprint density at radius 1 is 1.35 bits per heavy atom.